The minimum atomic E-state index is 0.478. The van der Waals surface area contributed by atoms with Crippen LogP contribution in [-0.2, 0) is 0 Å². The number of hydrogen-bond acceptors (Lipinski definition) is 4. The predicted molar refractivity (Wildman–Crippen MR) is 78.7 cm³/mol. The van der Waals surface area contributed by atoms with Gasteiger partial charge in [-0.2, -0.15) is 5.26 Å². The first kappa shape index (κ1) is 13.5. The molecule has 19 heavy (non-hydrogen) atoms. The van der Waals surface area contributed by atoms with Crippen molar-refractivity contribution in [3.63, 3.8) is 0 Å². The molecule has 2 rings (SSSR count). The predicted octanol–water partition coefficient (Wildman–Crippen LogP) is 3.26. The van der Waals surface area contributed by atoms with Crippen molar-refractivity contribution in [2.45, 2.75) is 6.42 Å². The van der Waals surface area contributed by atoms with Gasteiger partial charge in [0.2, 0.25) is 0 Å². The number of nitrogens with zero attached hydrogens (tertiary/aromatic N) is 4. The van der Waals surface area contributed by atoms with E-state index < -0.39 is 0 Å². The van der Waals surface area contributed by atoms with Gasteiger partial charge < -0.3 is 4.90 Å². The highest BCUT2D eigenvalue weighted by Crippen LogP contribution is 2.21. The van der Waals surface area contributed by atoms with E-state index in [2.05, 4.69) is 32.2 Å². The van der Waals surface area contributed by atoms with Crippen molar-refractivity contribution in [1.29, 1.82) is 5.26 Å². The molecule has 0 unspecified atom stereocenters. The van der Waals surface area contributed by atoms with Crippen LogP contribution < -0.4 is 4.90 Å². The molecule has 2 aromatic rings. The Morgan fingerprint density at radius 3 is 2.74 bits per heavy atom. The molecule has 0 saturated heterocycles. The van der Waals surface area contributed by atoms with Gasteiger partial charge in [-0.1, -0.05) is 28.1 Å². The van der Waals surface area contributed by atoms with Crippen molar-refractivity contribution >= 4 is 21.7 Å². The molecule has 0 aliphatic heterocycles. The third-order valence-corrected chi connectivity index (χ3v) is 3.21. The van der Waals surface area contributed by atoms with E-state index in [0.29, 0.717) is 13.0 Å². The van der Waals surface area contributed by atoms with Crippen molar-refractivity contribution in [2.75, 3.05) is 18.5 Å². The summed E-state index contributed by atoms with van der Waals surface area (Å²) < 4.78 is 1.02. The monoisotopic (exact) mass is 316 g/mol. The Bertz CT molecular complexity index is 589. The van der Waals surface area contributed by atoms with Gasteiger partial charge in [0.1, 0.15) is 0 Å². The summed E-state index contributed by atoms with van der Waals surface area (Å²) in [5, 5.41) is 17.0. The maximum Gasteiger partial charge on any atom is 0.151 e. The lowest BCUT2D eigenvalue weighted by Gasteiger charge is -2.15. The number of anilines is 1. The standard InChI is InChI=1S/C14H13BrN4/c1-19(9-3-8-16)14-7-6-13(17-18-14)11-4-2-5-12(15)10-11/h2,4-7,10H,3,9H2,1H3. The second-order valence-electron chi connectivity index (χ2n) is 4.12. The Kier molecular flexibility index (Phi) is 4.48. The summed E-state index contributed by atoms with van der Waals surface area (Å²) in [6, 6.07) is 13.9. The molecule has 0 aliphatic rings. The van der Waals surface area contributed by atoms with Crippen LogP contribution in [0, 0.1) is 11.3 Å². The summed E-state index contributed by atoms with van der Waals surface area (Å²) in [4.78, 5) is 1.92. The topological polar surface area (TPSA) is 52.8 Å². The Balaban J connectivity index is 2.17. The molecule has 0 saturated carbocycles. The van der Waals surface area contributed by atoms with Crippen LogP contribution in [0.4, 0.5) is 5.82 Å². The molecule has 0 fully saturated rings. The largest absolute Gasteiger partial charge is 0.357 e. The smallest absolute Gasteiger partial charge is 0.151 e. The fourth-order valence-corrected chi connectivity index (χ4v) is 2.06. The van der Waals surface area contributed by atoms with E-state index in [1.807, 2.05) is 48.3 Å². The average Bonchev–Trinajstić information content (AvgIpc) is 2.45. The summed E-state index contributed by atoms with van der Waals surface area (Å²) in [6.07, 6.45) is 0.478. The zero-order chi connectivity index (χ0) is 13.7. The number of aromatic nitrogens is 2. The van der Waals surface area contributed by atoms with Gasteiger partial charge in [0.15, 0.2) is 5.82 Å². The number of benzene rings is 1. The molecule has 5 heteroatoms. The zero-order valence-electron chi connectivity index (χ0n) is 10.5. The minimum Gasteiger partial charge on any atom is -0.357 e. The molecule has 96 valence electrons. The van der Waals surface area contributed by atoms with Crippen molar-refractivity contribution in [2.24, 2.45) is 0 Å². The molecule has 1 heterocycles. The normalized spacial score (nSPS) is 9.95. The van der Waals surface area contributed by atoms with E-state index in [9.17, 15) is 0 Å². The van der Waals surface area contributed by atoms with Crippen molar-refractivity contribution in [1.82, 2.24) is 10.2 Å². The number of nitriles is 1. The van der Waals surface area contributed by atoms with Gasteiger partial charge >= 0.3 is 0 Å². The van der Waals surface area contributed by atoms with Crippen LogP contribution in [0.5, 0.6) is 0 Å². The fourth-order valence-electron chi connectivity index (χ4n) is 1.66. The Morgan fingerprint density at radius 1 is 1.26 bits per heavy atom. The molecule has 1 aromatic heterocycles. The molecule has 0 amide bonds. The molecule has 0 atom stereocenters. The third kappa shape index (κ3) is 3.52. The summed E-state index contributed by atoms with van der Waals surface area (Å²) in [5.41, 5.74) is 1.85. The average molecular weight is 317 g/mol. The first-order valence-electron chi connectivity index (χ1n) is 5.88. The molecule has 0 aliphatic carbocycles. The van der Waals surface area contributed by atoms with Crippen LogP contribution in [0.25, 0.3) is 11.3 Å². The van der Waals surface area contributed by atoms with Gasteiger partial charge in [0, 0.05) is 23.6 Å². The first-order chi connectivity index (χ1) is 9.20. The summed E-state index contributed by atoms with van der Waals surface area (Å²) in [5.74, 6) is 0.772. The lowest BCUT2D eigenvalue weighted by Crippen LogP contribution is -2.19. The van der Waals surface area contributed by atoms with Gasteiger partial charge in [0.05, 0.1) is 18.2 Å². The van der Waals surface area contributed by atoms with Crippen molar-refractivity contribution in [3.05, 3.63) is 40.9 Å². The molecule has 0 radical (unpaired) electrons. The van der Waals surface area contributed by atoms with Gasteiger partial charge in [-0.05, 0) is 24.3 Å². The van der Waals surface area contributed by atoms with Gasteiger partial charge in [-0.25, -0.2) is 0 Å². The minimum absolute atomic E-state index is 0.478. The highest BCUT2D eigenvalue weighted by Gasteiger charge is 2.05. The fraction of sp³-hybridized carbons (Fsp3) is 0.214. The lowest BCUT2D eigenvalue weighted by molar-refractivity contribution is 0.860. The van der Waals surface area contributed by atoms with E-state index in [1.165, 1.54) is 0 Å². The second kappa shape index (κ2) is 6.30. The van der Waals surface area contributed by atoms with E-state index in [0.717, 1.165) is 21.5 Å². The van der Waals surface area contributed by atoms with Crippen LogP contribution in [0.15, 0.2) is 40.9 Å². The van der Waals surface area contributed by atoms with Crippen molar-refractivity contribution in [3.8, 4) is 17.3 Å². The van der Waals surface area contributed by atoms with E-state index in [1.54, 1.807) is 0 Å². The third-order valence-electron chi connectivity index (χ3n) is 2.72. The van der Waals surface area contributed by atoms with Crippen LogP contribution in [0.1, 0.15) is 6.42 Å². The van der Waals surface area contributed by atoms with Crippen LogP contribution >= 0.6 is 15.9 Å². The van der Waals surface area contributed by atoms with E-state index in [-0.39, 0.29) is 0 Å². The second-order valence-corrected chi connectivity index (χ2v) is 5.03. The van der Waals surface area contributed by atoms with E-state index >= 15 is 0 Å². The Hall–Kier alpha value is -1.93. The van der Waals surface area contributed by atoms with Crippen LogP contribution in [0.3, 0.4) is 0 Å². The van der Waals surface area contributed by atoms with E-state index in [4.69, 9.17) is 5.26 Å². The molecule has 4 nitrogen and oxygen atoms in total. The number of halogens is 1. The summed E-state index contributed by atoms with van der Waals surface area (Å²) in [6.45, 7) is 0.654. The Morgan fingerprint density at radius 2 is 2.11 bits per heavy atom. The molecule has 0 N–H and O–H groups in total. The van der Waals surface area contributed by atoms with Gasteiger partial charge in [-0.3, -0.25) is 0 Å². The Labute approximate surface area is 120 Å². The molecular formula is C14H13BrN4. The van der Waals surface area contributed by atoms with Gasteiger partial charge in [-0.15, -0.1) is 10.2 Å². The molecule has 0 spiro atoms. The van der Waals surface area contributed by atoms with Crippen molar-refractivity contribution < 1.29 is 0 Å². The molecular weight excluding hydrogens is 304 g/mol. The summed E-state index contributed by atoms with van der Waals surface area (Å²) in [7, 11) is 1.90. The first-order valence-corrected chi connectivity index (χ1v) is 6.68. The molecule has 0 bridgehead atoms. The highest BCUT2D eigenvalue weighted by atomic mass is 79.9. The maximum atomic E-state index is 8.56. The van der Waals surface area contributed by atoms with Crippen LogP contribution in [0.2, 0.25) is 0 Å². The highest BCUT2D eigenvalue weighted by molar-refractivity contribution is 9.10. The quantitative estimate of drug-likeness (QED) is 0.868. The SMILES string of the molecule is CN(CCC#N)c1ccc(-c2cccc(Br)c2)nn1. The van der Waals surface area contributed by atoms with Crippen LogP contribution in [-0.4, -0.2) is 23.8 Å². The number of hydrogen-bond donors (Lipinski definition) is 0. The summed E-state index contributed by atoms with van der Waals surface area (Å²) >= 11 is 3.44. The lowest BCUT2D eigenvalue weighted by atomic mass is 10.1. The maximum absolute atomic E-state index is 8.56. The number of rotatable bonds is 4. The molecule has 1 aromatic carbocycles. The zero-order valence-corrected chi connectivity index (χ0v) is 12.1. The van der Waals surface area contributed by atoms with Gasteiger partial charge in [0.25, 0.3) is 0 Å².